The van der Waals surface area contributed by atoms with Gasteiger partial charge in [0.1, 0.15) is 0 Å². The second-order valence-corrected chi connectivity index (χ2v) is 3.10. The third-order valence-electron chi connectivity index (χ3n) is 1.84. The second-order valence-electron chi connectivity index (χ2n) is 3.10. The molecule has 4 N–H and O–H groups in total. The van der Waals surface area contributed by atoms with Crippen LogP contribution in [0.5, 0.6) is 0 Å². The molecule has 0 aromatic carbocycles. The molecule has 0 saturated heterocycles. The Labute approximate surface area is 100 Å². The van der Waals surface area contributed by atoms with Crippen LogP contribution in [-0.2, 0) is 0 Å². The highest BCUT2D eigenvalue weighted by molar-refractivity contribution is 5.32. The lowest BCUT2D eigenvalue weighted by Crippen LogP contribution is -2.09. The smallest absolute Gasteiger partial charge is 0.333 e. The zero-order chi connectivity index (χ0) is 13.5. The fraction of sp³-hybridized carbons (Fsp3) is 0. The van der Waals surface area contributed by atoms with Gasteiger partial charge >= 0.3 is 11.2 Å². The molecule has 0 aliphatic carbocycles. The Bertz CT molecular complexity index is 646. The van der Waals surface area contributed by atoms with Gasteiger partial charge in [0.05, 0.1) is 10.6 Å². The Hall–Kier alpha value is -2.90. The molecule has 0 spiro atoms. The second kappa shape index (κ2) is 5.99. The molecule has 0 amide bonds. The minimum atomic E-state index is -0.723. The van der Waals surface area contributed by atoms with E-state index in [1.54, 1.807) is 18.3 Å². The van der Waals surface area contributed by atoms with E-state index in [1.807, 2.05) is 0 Å². The largest absolute Gasteiger partial charge is 0.394 e. The SMILES string of the molecule is Nc1ccc[nH]c1=O.O=c1[nH]cccc1[N+](=O)[O-]. The van der Waals surface area contributed by atoms with Crippen LogP contribution in [0.15, 0.2) is 46.2 Å². The van der Waals surface area contributed by atoms with Crippen molar-refractivity contribution in [3.8, 4) is 0 Å². The average Bonchev–Trinajstić information content (AvgIpc) is 2.34. The van der Waals surface area contributed by atoms with Crippen molar-refractivity contribution in [2.45, 2.75) is 0 Å². The summed E-state index contributed by atoms with van der Waals surface area (Å²) in [6, 6.07) is 5.79. The molecule has 0 radical (unpaired) electrons. The van der Waals surface area contributed by atoms with Gasteiger partial charge in [-0.05, 0) is 18.2 Å². The molecule has 94 valence electrons. The van der Waals surface area contributed by atoms with Crippen LogP contribution < -0.4 is 16.9 Å². The Morgan fingerprint density at radius 1 is 1.06 bits per heavy atom. The average molecular weight is 250 g/mol. The normalized spacial score (nSPS) is 9.11. The minimum absolute atomic E-state index is 0.229. The summed E-state index contributed by atoms with van der Waals surface area (Å²) in [6.45, 7) is 0. The van der Waals surface area contributed by atoms with Gasteiger partial charge in [-0.1, -0.05) is 0 Å². The molecule has 0 aliphatic heterocycles. The number of H-pyrrole nitrogens is 2. The van der Waals surface area contributed by atoms with Gasteiger partial charge in [0.15, 0.2) is 0 Å². The summed E-state index contributed by atoms with van der Waals surface area (Å²) in [6.07, 6.45) is 2.88. The van der Waals surface area contributed by atoms with Gasteiger partial charge in [0.2, 0.25) is 0 Å². The summed E-state index contributed by atoms with van der Waals surface area (Å²) in [4.78, 5) is 34.9. The third kappa shape index (κ3) is 3.59. The Kier molecular flexibility index (Phi) is 4.38. The van der Waals surface area contributed by atoms with Crippen molar-refractivity contribution in [2.75, 3.05) is 5.73 Å². The molecule has 0 bridgehead atoms. The van der Waals surface area contributed by atoms with E-state index in [9.17, 15) is 19.7 Å². The number of rotatable bonds is 1. The molecule has 8 heteroatoms. The monoisotopic (exact) mass is 250 g/mol. The Balaban J connectivity index is 0.000000184. The van der Waals surface area contributed by atoms with E-state index in [4.69, 9.17) is 5.73 Å². The molecule has 0 aliphatic rings. The molecule has 2 heterocycles. The Morgan fingerprint density at radius 2 is 1.61 bits per heavy atom. The zero-order valence-corrected chi connectivity index (χ0v) is 9.12. The molecule has 2 rings (SSSR count). The number of hydrogen-bond donors (Lipinski definition) is 3. The lowest BCUT2D eigenvalue weighted by atomic mass is 10.4. The van der Waals surface area contributed by atoms with Gasteiger partial charge in [-0.2, -0.15) is 0 Å². The van der Waals surface area contributed by atoms with Crippen LogP contribution in [0.25, 0.3) is 0 Å². The van der Waals surface area contributed by atoms with Crippen molar-refractivity contribution in [1.82, 2.24) is 9.97 Å². The third-order valence-corrected chi connectivity index (χ3v) is 1.84. The predicted octanol–water partition coefficient (Wildman–Crippen LogP) is 0.240. The number of aromatic nitrogens is 2. The first kappa shape index (κ1) is 13.2. The number of hydrogen-bond acceptors (Lipinski definition) is 5. The summed E-state index contributed by atoms with van der Waals surface area (Å²) >= 11 is 0. The summed E-state index contributed by atoms with van der Waals surface area (Å²) in [5.41, 5.74) is 4.10. The lowest BCUT2D eigenvalue weighted by Gasteiger charge is -1.85. The molecule has 18 heavy (non-hydrogen) atoms. The van der Waals surface area contributed by atoms with E-state index in [2.05, 4.69) is 9.97 Å². The van der Waals surface area contributed by atoms with Crippen molar-refractivity contribution in [3.05, 3.63) is 67.5 Å². The fourth-order valence-electron chi connectivity index (χ4n) is 0.991. The van der Waals surface area contributed by atoms with Crippen LogP contribution in [0.2, 0.25) is 0 Å². The van der Waals surface area contributed by atoms with Crippen molar-refractivity contribution in [2.24, 2.45) is 0 Å². The quantitative estimate of drug-likeness (QED) is 0.492. The van der Waals surface area contributed by atoms with E-state index in [0.29, 0.717) is 0 Å². The minimum Gasteiger partial charge on any atom is -0.394 e. The predicted molar refractivity (Wildman–Crippen MR) is 65.2 cm³/mol. The fourth-order valence-corrected chi connectivity index (χ4v) is 0.991. The molecule has 0 unspecified atom stereocenters. The van der Waals surface area contributed by atoms with Gasteiger partial charge in [-0.15, -0.1) is 0 Å². The van der Waals surface area contributed by atoms with Crippen LogP contribution in [0.4, 0.5) is 11.4 Å². The van der Waals surface area contributed by atoms with Crippen LogP contribution in [-0.4, -0.2) is 14.9 Å². The van der Waals surface area contributed by atoms with E-state index < -0.39 is 16.2 Å². The van der Waals surface area contributed by atoms with Crippen LogP contribution in [0.3, 0.4) is 0 Å². The first-order valence-electron chi connectivity index (χ1n) is 4.77. The van der Waals surface area contributed by atoms with Crippen molar-refractivity contribution in [3.63, 3.8) is 0 Å². The zero-order valence-electron chi connectivity index (χ0n) is 9.12. The molecular weight excluding hydrogens is 240 g/mol. The number of nitrogens with two attached hydrogens (primary N) is 1. The van der Waals surface area contributed by atoms with Gasteiger partial charge in [-0.3, -0.25) is 19.7 Å². The van der Waals surface area contributed by atoms with E-state index in [1.165, 1.54) is 12.3 Å². The molecule has 2 aromatic heterocycles. The summed E-state index contributed by atoms with van der Waals surface area (Å²) in [5, 5.41) is 10.0. The highest BCUT2D eigenvalue weighted by Gasteiger charge is 2.07. The van der Waals surface area contributed by atoms with Gasteiger partial charge in [0.25, 0.3) is 5.56 Å². The topological polar surface area (TPSA) is 135 Å². The molecule has 2 aromatic rings. The van der Waals surface area contributed by atoms with Gasteiger partial charge < -0.3 is 15.7 Å². The molecular formula is C10H10N4O4. The first-order valence-corrected chi connectivity index (χ1v) is 4.77. The van der Waals surface area contributed by atoms with Crippen molar-refractivity contribution < 1.29 is 4.92 Å². The van der Waals surface area contributed by atoms with Gasteiger partial charge in [0, 0.05) is 18.5 Å². The maximum atomic E-state index is 10.6. The molecule has 8 nitrogen and oxygen atoms in total. The number of aromatic amines is 2. The number of nitro groups is 1. The molecule has 0 saturated carbocycles. The standard InChI is InChI=1S/C5H4N2O3.C5H6N2O/c8-5-4(7(9)10)2-1-3-6-5;6-4-2-1-3-7-5(4)8/h1-3H,(H,6,8);1-3H,6H2,(H,7,8). The first-order chi connectivity index (χ1) is 8.52. The number of anilines is 1. The maximum Gasteiger partial charge on any atom is 0.333 e. The van der Waals surface area contributed by atoms with E-state index >= 15 is 0 Å². The Morgan fingerprint density at radius 3 is 1.94 bits per heavy atom. The number of nitrogens with zero attached hydrogens (tertiary/aromatic N) is 1. The number of nitrogen functional groups attached to an aromatic ring is 1. The summed E-state index contributed by atoms with van der Waals surface area (Å²) < 4.78 is 0. The molecule has 0 atom stereocenters. The number of pyridine rings is 2. The highest BCUT2D eigenvalue weighted by atomic mass is 16.6. The summed E-state index contributed by atoms with van der Waals surface area (Å²) in [7, 11) is 0. The summed E-state index contributed by atoms with van der Waals surface area (Å²) in [5.74, 6) is 0. The highest BCUT2D eigenvalue weighted by Crippen LogP contribution is 1.98. The van der Waals surface area contributed by atoms with Crippen molar-refractivity contribution >= 4 is 11.4 Å². The molecule has 0 fully saturated rings. The maximum absolute atomic E-state index is 10.6. The van der Waals surface area contributed by atoms with Crippen LogP contribution in [0.1, 0.15) is 0 Å². The van der Waals surface area contributed by atoms with Crippen LogP contribution in [0, 0.1) is 10.1 Å². The van der Waals surface area contributed by atoms with E-state index in [0.717, 1.165) is 6.07 Å². The number of nitrogens with one attached hydrogen (secondary N) is 2. The van der Waals surface area contributed by atoms with E-state index in [-0.39, 0.29) is 11.2 Å². The lowest BCUT2D eigenvalue weighted by molar-refractivity contribution is -0.386. The van der Waals surface area contributed by atoms with Crippen LogP contribution >= 0.6 is 0 Å². The van der Waals surface area contributed by atoms with Crippen molar-refractivity contribution in [1.29, 1.82) is 0 Å². The van der Waals surface area contributed by atoms with Gasteiger partial charge in [-0.25, -0.2) is 0 Å².